The van der Waals surface area contributed by atoms with Crippen molar-refractivity contribution >= 4 is 17.9 Å². The molecule has 2 heterocycles. The number of hydrogen-bond acceptors (Lipinski definition) is 4. The molecule has 2 aromatic rings. The molecule has 2 saturated carbocycles. The Hall–Kier alpha value is -2.06. The van der Waals surface area contributed by atoms with E-state index in [-0.39, 0.29) is 12.3 Å². The molecule has 5 rings (SSSR count). The Morgan fingerprint density at radius 2 is 1.88 bits per heavy atom. The van der Waals surface area contributed by atoms with Crippen LogP contribution in [0.5, 0.6) is 0 Å². The van der Waals surface area contributed by atoms with Crippen molar-refractivity contribution in [3.05, 3.63) is 53.1 Å². The molecule has 1 aromatic carbocycles. The van der Waals surface area contributed by atoms with Crippen molar-refractivity contribution in [3.8, 4) is 11.1 Å². The number of fused-ring (bicyclic) bond motifs is 1. The highest BCUT2D eigenvalue weighted by Crippen LogP contribution is 2.62. The summed E-state index contributed by atoms with van der Waals surface area (Å²) in [5, 5.41) is 0. The van der Waals surface area contributed by atoms with Crippen LogP contribution in [0.25, 0.3) is 11.1 Å². The average Bonchev–Trinajstić information content (AvgIpc) is 3.01. The van der Waals surface area contributed by atoms with E-state index in [0.717, 1.165) is 49.0 Å². The number of halogens is 3. The molecular formula is C26H30F3N3OS. The minimum absolute atomic E-state index is 0.0308. The number of likely N-dealkylation sites (tertiary alicyclic amines) is 1. The molecule has 34 heavy (non-hydrogen) atoms. The number of carbonyl (C=O) groups excluding carboxylic acids is 1. The third-order valence-electron chi connectivity index (χ3n) is 8.11. The van der Waals surface area contributed by atoms with Gasteiger partial charge < -0.3 is 4.90 Å². The van der Waals surface area contributed by atoms with Gasteiger partial charge in [-0.3, -0.25) is 14.5 Å². The Labute approximate surface area is 202 Å². The van der Waals surface area contributed by atoms with Gasteiger partial charge in [0.05, 0.1) is 18.0 Å². The predicted molar refractivity (Wildman–Crippen MR) is 128 cm³/mol. The molecule has 0 spiro atoms. The maximum absolute atomic E-state index is 15.8. The number of benzene rings is 1. The smallest absolute Gasteiger partial charge is 0.283 e. The number of aromatic nitrogens is 1. The summed E-state index contributed by atoms with van der Waals surface area (Å²) in [6.07, 6.45) is 5.26. The lowest BCUT2D eigenvalue weighted by Crippen LogP contribution is -2.60. The molecule has 3 aliphatic rings. The van der Waals surface area contributed by atoms with E-state index in [2.05, 4.69) is 9.71 Å². The third-order valence-corrected chi connectivity index (χ3v) is 8.60. The van der Waals surface area contributed by atoms with Gasteiger partial charge in [-0.15, -0.1) is 0 Å². The first-order valence-electron chi connectivity index (χ1n) is 11.9. The lowest BCUT2D eigenvalue weighted by molar-refractivity contribution is -0.171. The monoisotopic (exact) mass is 489 g/mol. The Morgan fingerprint density at radius 1 is 1.21 bits per heavy atom. The van der Waals surface area contributed by atoms with Crippen LogP contribution >= 0.6 is 11.9 Å². The highest BCUT2D eigenvalue weighted by atomic mass is 32.2. The molecule has 0 unspecified atom stereocenters. The molecule has 0 bridgehead atoms. The molecule has 1 amide bonds. The molecule has 2 atom stereocenters. The van der Waals surface area contributed by atoms with Gasteiger partial charge in [-0.05, 0) is 81.4 Å². The Bertz CT molecular complexity index is 1100. The molecule has 0 radical (unpaired) electrons. The van der Waals surface area contributed by atoms with Crippen LogP contribution in [0, 0.1) is 31.0 Å². The van der Waals surface area contributed by atoms with Gasteiger partial charge in [0.2, 0.25) is 5.91 Å². The van der Waals surface area contributed by atoms with Gasteiger partial charge in [0, 0.05) is 17.0 Å². The van der Waals surface area contributed by atoms with Crippen LogP contribution in [0.3, 0.4) is 0 Å². The summed E-state index contributed by atoms with van der Waals surface area (Å²) in [5.74, 6) is -3.36. The Balaban J connectivity index is 1.49. The zero-order chi connectivity index (χ0) is 24.3. The largest absolute Gasteiger partial charge is 0.331 e. The van der Waals surface area contributed by atoms with Crippen molar-refractivity contribution in [2.45, 2.75) is 64.0 Å². The van der Waals surface area contributed by atoms with Crippen LogP contribution in [0.4, 0.5) is 13.2 Å². The second-order valence-corrected chi connectivity index (χ2v) is 10.8. The van der Waals surface area contributed by atoms with Gasteiger partial charge in [-0.25, -0.2) is 13.2 Å². The molecule has 1 aliphatic heterocycles. The fraction of sp³-hybridized carbons (Fsp3) is 0.538. The van der Waals surface area contributed by atoms with E-state index in [1.54, 1.807) is 24.5 Å². The average molecular weight is 490 g/mol. The minimum Gasteiger partial charge on any atom is -0.331 e. The number of aryl methyl sites for hydroxylation is 2. The van der Waals surface area contributed by atoms with Crippen LogP contribution in [0.15, 0.2) is 30.3 Å². The van der Waals surface area contributed by atoms with Crippen LogP contribution in [-0.4, -0.2) is 46.6 Å². The molecule has 4 nitrogen and oxygen atoms in total. The number of rotatable bonds is 6. The van der Waals surface area contributed by atoms with Crippen molar-refractivity contribution in [3.63, 3.8) is 0 Å². The summed E-state index contributed by atoms with van der Waals surface area (Å²) in [6, 6.07) is 6.67. The summed E-state index contributed by atoms with van der Waals surface area (Å²) in [6.45, 7) is 3.09. The molecule has 182 valence electrons. The molecular weight excluding hydrogens is 459 g/mol. The topological polar surface area (TPSA) is 45.2 Å². The van der Waals surface area contributed by atoms with Gasteiger partial charge in [0.1, 0.15) is 11.9 Å². The van der Waals surface area contributed by atoms with Gasteiger partial charge in [-0.2, -0.15) is 0 Å². The van der Waals surface area contributed by atoms with Gasteiger partial charge >= 0.3 is 0 Å². The van der Waals surface area contributed by atoms with Gasteiger partial charge in [0.25, 0.3) is 5.92 Å². The van der Waals surface area contributed by atoms with Crippen LogP contribution < -0.4 is 4.72 Å². The molecule has 8 heteroatoms. The number of nitrogens with zero attached hydrogens (tertiary/aromatic N) is 2. The highest BCUT2D eigenvalue weighted by molar-refractivity contribution is 7.96. The molecule has 1 saturated heterocycles. The number of pyridine rings is 1. The Kier molecular flexibility index (Phi) is 5.96. The van der Waals surface area contributed by atoms with Gasteiger partial charge in [0.15, 0.2) is 0 Å². The predicted octanol–water partition coefficient (Wildman–Crippen LogP) is 5.32. The molecule has 2 aliphatic carbocycles. The fourth-order valence-corrected chi connectivity index (χ4v) is 6.74. The summed E-state index contributed by atoms with van der Waals surface area (Å²) < 4.78 is 48.9. The van der Waals surface area contributed by atoms with E-state index in [1.807, 2.05) is 26.0 Å². The number of carbonyl (C=O) groups is 1. The van der Waals surface area contributed by atoms with Crippen LogP contribution in [-0.2, 0) is 11.2 Å². The van der Waals surface area contributed by atoms with E-state index in [9.17, 15) is 4.79 Å². The summed E-state index contributed by atoms with van der Waals surface area (Å²) >= 11 is 1.11. The minimum atomic E-state index is -3.09. The van der Waals surface area contributed by atoms with E-state index >= 15 is 13.2 Å². The van der Waals surface area contributed by atoms with E-state index < -0.39 is 35.8 Å². The summed E-state index contributed by atoms with van der Waals surface area (Å²) in [5.41, 5.74) is 2.57. The number of hydrogen-bond donors (Lipinski definition) is 1. The first kappa shape index (κ1) is 23.7. The normalized spacial score (nSPS) is 29.4. The molecule has 3 fully saturated rings. The zero-order valence-corrected chi connectivity index (χ0v) is 20.5. The van der Waals surface area contributed by atoms with Crippen molar-refractivity contribution in [2.24, 2.45) is 11.3 Å². The quantitative estimate of drug-likeness (QED) is 0.558. The standard InChI is InChI=1S/C26H30F3N3OS/c1-15-11-18(12-16(2)30-15)20-6-4-5-17(22(20)27)13-21-23(31-34-3)26(28,29)14-32(21)24(33)25-9-7-19(25)8-10-25/h4-6,11-12,19,21,23,31H,7-10,13-14H2,1-3H3/t19?,21-,23+,25?/m0/s1. The van der Waals surface area contributed by atoms with Crippen LogP contribution in [0.2, 0.25) is 0 Å². The van der Waals surface area contributed by atoms with Crippen molar-refractivity contribution < 1.29 is 18.0 Å². The number of amides is 1. The van der Waals surface area contributed by atoms with Crippen molar-refractivity contribution in [1.82, 2.24) is 14.6 Å². The fourth-order valence-electron chi connectivity index (χ4n) is 6.16. The maximum atomic E-state index is 15.8. The first-order valence-corrected chi connectivity index (χ1v) is 13.1. The number of nitrogens with one attached hydrogen (secondary N) is 1. The zero-order valence-electron chi connectivity index (χ0n) is 19.7. The van der Waals surface area contributed by atoms with Crippen molar-refractivity contribution in [1.29, 1.82) is 0 Å². The van der Waals surface area contributed by atoms with Crippen LogP contribution in [0.1, 0.15) is 42.6 Å². The summed E-state index contributed by atoms with van der Waals surface area (Å²) in [7, 11) is 0. The SMILES string of the molecule is CSN[C@@H]1[C@H](Cc2cccc(-c3cc(C)nc(C)c3)c2F)N(C(=O)C23CCC2CC3)CC1(F)F. The maximum Gasteiger partial charge on any atom is 0.283 e. The second kappa shape index (κ2) is 8.55. The summed E-state index contributed by atoms with van der Waals surface area (Å²) in [4.78, 5) is 19.3. The second-order valence-electron chi connectivity index (χ2n) is 10.1. The van der Waals surface area contributed by atoms with E-state index in [4.69, 9.17) is 0 Å². The molecule has 1 N–H and O–H groups in total. The van der Waals surface area contributed by atoms with Gasteiger partial charge in [-0.1, -0.05) is 30.1 Å². The van der Waals surface area contributed by atoms with Crippen molar-refractivity contribution in [2.75, 3.05) is 12.8 Å². The lowest BCUT2D eigenvalue weighted by atomic mass is 9.47. The Morgan fingerprint density at radius 3 is 2.44 bits per heavy atom. The number of alkyl halides is 2. The van der Waals surface area contributed by atoms with E-state index in [0.29, 0.717) is 22.6 Å². The first-order chi connectivity index (χ1) is 16.2. The van der Waals surface area contributed by atoms with E-state index in [1.165, 1.54) is 4.90 Å². The third kappa shape index (κ3) is 3.73. The highest BCUT2D eigenvalue weighted by Gasteiger charge is 2.64. The molecule has 1 aromatic heterocycles. The lowest BCUT2D eigenvalue weighted by Gasteiger charge is -2.58.